The number of alkyl halides is 1. The molecule has 1 aliphatic heterocycles. The smallest absolute Gasteiger partial charge is 0.323 e. The minimum atomic E-state index is -1.09. The molecule has 28 heavy (non-hydrogen) atoms. The summed E-state index contributed by atoms with van der Waals surface area (Å²) in [6.07, 6.45) is 4.40. The number of nitrogens with zero attached hydrogens (tertiary/aromatic N) is 4. The number of amides is 2. The third-order valence-electron chi connectivity index (χ3n) is 4.91. The van der Waals surface area contributed by atoms with E-state index in [9.17, 15) is 9.18 Å². The lowest BCUT2D eigenvalue weighted by Crippen LogP contribution is -2.52. The molecular formula is C19H21FN6O2. The Morgan fingerprint density at radius 1 is 1.25 bits per heavy atom. The van der Waals surface area contributed by atoms with Crippen LogP contribution in [0.4, 0.5) is 15.0 Å². The summed E-state index contributed by atoms with van der Waals surface area (Å²) in [7, 11) is 1.73. The maximum Gasteiger partial charge on any atom is 0.323 e. The van der Waals surface area contributed by atoms with E-state index < -0.39 is 6.17 Å². The Morgan fingerprint density at radius 3 is 2.82 bits per heavy atom. The summed E-state index contributed by atoms with van der Waals surface area (Å²) in [5.41, 5.74) is 1.47. The Balaban J connectivity index is 1.51. The number of hydrogen-bond acceptors (Lipinski definition) is 6. The fourth-order valence-electron chi connectivity index (χ4n) is 3.33. The Hall–Kier alpha value is -3.07. The number of carbonyl (C=O) groups excluding carboxylic acids is 1. The first kappa shape index (κ1) is 18.3. The molecule has 0 unspecified atom stereocenters. The number of nitrogens with one attached hydrogen (secondary N) is 2. The van der Waals surface area contributed by atoms with Crippen LogP contribution in [0.25, 0.3) is 22.2 Å². The molecule has 4 rings (SSSR count). The van der Waals surface area contributed by atoms with Gasteiger partial charge in [0.2, 0.25) is 0 Å². The van der Waals surface area contributed by atoms with Gasteiger partial charge in [-0.05, 0) is 25.6 Å². The van der Waals surface area contributed by atoms with E-state index in [1.165, 1.54) is 4.90 Å². The highest BCUT2D eigenvalue weighted by molar-refractivity contribution is 5.91. The lowest BCUT2D eigenvalue weighted by Gasteiger charge is -2.34. The fraction of sp³-hybridized carbons (Fsp3) is 0.368. The molecule has 3 aromatic heterocycles. The second kappa shape index (κ2) is 7.51. The maximum atomic E-state index is 14.1. The first-order valence-corrected chi connectivity index (χ1v) is 9.09. The number of oxazole rings is 1. The minimum Gasteiger partial charge on any atom is -0.441 e. The Kier molecular flexibility index (Phi) is 4.91. The second-order valence-corrected chi connectivity index (χ2v) is 6.81. The van der Waals surface area contributed by atoms with E-state index in [-0.39, 0.29) is 18.6 Å². The maximum absolute atomic E-state index is 14.1. The molecule has 0 saturated carbocycles. The van der Waals surface area contributed by atoms with Gasteiger partial charge in [-0.3, -0.25) is 10.3 Å². The Labute approximate surface area is 161 Å². The van der Waals surface area contributed by atoms with Crippen LogP contribution in [-0.2, 0) is 0 Å². The van der Waals surface area contributed by atoms with Crippen LogP contribution in [0.1, 0.15) is 12.3 Å². The van der Waals surface area contributed by atoms with Gasteiger partial charge in [0.25, 0.3) is 0 Å². The molecule has 0 radical (unpaired) electrons. The van der Waals surface area contributed by atoms with Crippen molar-refractivity contribution in [3.8, 4) is 11.3 Å². The van der Waals surface area contributed by atoms with Crippen molar-refractivity contribution < 1.29 is 13.6 Å². The topological polar surface area (TPSA) is 96.2 Å². The van der Waals surface area contributed by atoms with Gasteiger partial charge in [-0.25, -0.2) is 19.2 Å². The minimum absolute atomic E-state index is 0.0570. The lowest BCUT2D eigenvalue weighted by atomic mass is 10.0. The summed E-state index contributed by atoms with van der Waals surface area (Å²) in [4.78, 5) is 26.7. The van der Waals surface area contributed by atoms with Gasteiger partial charge in [0, 0.05) is 36.7 Å². The quantitative estimate of drug-likeness (QED) is 0.721. The van der Waals surface area contributed by atoms with E-state index in [2.05, 4.69) is 25.6 Å². The van der Waals surface area contributed by atoms with Crippen molar-refractivity contribution in [1.29, 1.82) is 0 Å². The number of rotatable bonds is 3. The molecule has 0 spiro atoms. The van der Waals surface area contributed by atoms with E-state index in [0.717, 1.165) is 10.9 Å². The predicted octanol–water partition coefficient (Wildman–Crippen LogP) is 2.76. The summed E-state index contributed by atoms with van der Waals surface area (Å²) in [6.45, 7) is 2.32. The van der Waals surface area contributed by atoms with Crippen molar-refractivity contribution in [1.82, 2.24) is 25.2 Å². The molecule has 146 valence electrons. The number of halogens is 1. The molecule has 2 amide bonds. The molecule has 0 bridgehead atoms. The average Bonchev–Trinajstić information content (AvgIpc) is 3.13. The van der Waals surface area contributed by atoms with E-state index >= 15 is 0 Å². The van der Waals surface area contributed by atoms with Crippen LogP contribution in [0.5, 0.6) is 0 Å². The molecule has 1 aliphatic rings. The van der Waals surface area contributed by atoms with Crippen molar-refractivity contribution in [2.45, 2.75) is 25.6 Å². The SMILES string of the molecule is CN[C@H]1CCN(C(=O)Nc2cc3cc(-c4cnc(C)o4)cnc3cn2)C[C@@H]1F. The van der Waals surface area contributed by atoms with Crippen LogP contribution in [-0.4, -0.2) is 58.2 Å². The molecule has 4 heterocycles. The number of likely N-dealkylation sites (tertiary alicyclic amines) is 1. The molecule has 1 saturated heterocycles. The van der Waals surface area contributed by atoms with Crippen molar-refractivity contribution in [3.05, 3.63) is 36.6 Å². The number of hydrogen-bond donors (Lipinski definition) is 2. The predicted molar refractivity (Wildman–Crippen MR) is 103 cm³/mol. The van der Waals surface area contributed by atoms with Crippen molar-refractivity contribution in [2.75, 3.05) is 25.5 Å². The van der Waals surface area contributed by atoms with Gasteiger partial charge in [-0.2, -0.15) is 0 Å². The van der Waals surface area contributed by atoms with Gasteiger partial charge < -0.3 is 14.6 Å². The van der Waals surface area contributed by atoms with Gasteiger partial charge in [0.05, 0.1) is 24.5 Å². The van der Waals surface area contributed by atoms with Crippen LogP contribution in [0.3, 0.4) is 0 Å². The number of aryl methyl sites for hydroxylation is 1. The van der Waals surface area contributed by atoms with Gasteiger partial charge in [0.1, 0.15) is 12.0 Å². The monoisotopic (exact) mass is 384 g/mol. The first-order chi connectivity index (χ1) is 13.5. The van der Waals surface area contributed by atoms with Crippen molar-refractivity contribution >= 4 is 22.8 Å². The number of pyridine rings is 2. The molecule has 9 heteroatoms. The summed E-state index contributed by atoms with van der Waals surface area (Å²) >= 11 is 0. The van der Waals surface area contributed by atoms with Crippen molar-refractivity contribution in [3.63, 3.8) is 0 Å². The second-order valence-electron chi connectivity index (χ2n) is 6.81. The molecular weight excluding hydrogens is 363 g/mol. The summed E-state index contributed by atoms with van der Waals surface area (Å²) in [6, 6.07) is 3.06. The number of carbonyl (C=O) groups is 1. The highest BCUT2D eigenvalue weighted by atomic mass is 19.1. The van der Waals surface area contributed by atoms with E-state index in [4.69, 9.17) is 4.42 Å². The molecule has 3 aromatic rings. The highest BCUT2D eigenvalue weighted by Crippen LogP contribution is 2.24. The van der Waals surface area contributed by atoms with Crippen LogP contribution < -0.4 is 10.6 Å². The highest BCUT2D eigenvalue weighted by Gasteiger charge is 2.30. The van der Waals surface area contributed by atoms with Gasteiger partial charge in [-0.15, -0.1) is 0 Å². The van der Waals surface area contributed by atoms with Gasteiger partial charge in [0.15, 0.2) is 11.7 Å². The normalized spacial score (nSPS) is 19.8. The molecule has 2 N–H and O–H groups in total. The zero-order valence-corrected chi connectivity index (χ0v) is 15.6. The Bertz CT molecular complexity index is 1010. The largest absolute Gasteiger partial charge is 0.441 e. The molecule has 0 aromatic carbocycles. The molecule has 8 nitrogen and oxygen atoms in total. The van der Waals surface area contributed by atoms with Gasteiger partial charge >= 0.3 is 6.03 Å². The summed E-state index contributed by atoms with van der Waals surface area (Å²) < 4.78 is 19.6. The zero-order valence-electron chi connectivity index (χ0n) is 15.6. The molecule has 2 atom stereocenters. The standard InChI is InChI=1S/C19H21FN6O2/c1-11-22-9-17(28-11)13-5-12-6-18(24-8-16(12)23-7-13)25-19(27)26-4-3-15(21-2)14(20)10-26/h5-9,14-15,21H,3-4,10H2,1-2H3,(H,24,25,27)/t14-,15-/m0/s1. The molecule has 0 aliphatic carbocycles. The number of aromatic nitrogens is 3. The van der Waals surface area contributed by atoms with E-state index in [1.807, 2.05) is 6.07 Å². The van der Waals surface area contributed by atoms with Crippen LogP contribution in [0.15, 0.2) is 35.1 Å². The summed E-state index contributed by atoms with van der Waals surface area (Å²) in [5, 5.41) is 6.48. The third kappa shape index (κ3) is 3.65. The molecule has 1 fully saturated rings. The third-order valence-corrected chi connectivity index (χ3v) is 4.91. The van der Waals surface area contributed by atoms with Gasteiger partial charge in [-0.1, -0.05) is 0 Å². The van der Waals surface area contributed by atoms with E-state index in [0.29, 0.717) is 36.0 Å². The number of anilines is 1. The summed E-state index contributed by atoms with van der Waals surface area (Å²) in [5.74, 6) is 1.58. The number of urea groups is 1. The van der Waals surface area contributed by atoms with Crippen molar-refractivity contribution in [2.24, 2.45) is 0 Å². The number of piperidine rings is 1. The zero-order chi connectivity index (χ0) is 19.7. The van der Waals surface area contributed by atoms with Crippen LogP contribution in [0, 0.1) is 6.92 Å². The lowest BCUT2D eigenvalue weighted by molar-refractivity contribution is 0.126. The fourth-order valence-corrected chi connectivity index (χ4v) is 3.33. The first-order valence-electron chi connectivity index (χ1n) is 9.09. The van der Waals surface area contributed by atoms with Crippen LogP contribution in [0.2, 0.25) is 0 Å². The van der Waals surface area contributed by atoms with Crippen LogP contribution >= 0.6 is 0 Å². The van der Waals surface area contributed by atoms with E-state index in [1.54, 1.807) is 38.6 Å². The Morgan fingerprint density at radius 2 is 2.11 bits per heavy atom. The number of fused-ring (bicyclic) bond motifs is 1. The average molecular weight is 384 g/mol.